The second-order valence-electron chi connectivity index (χ2n) is 8.93. The van der Waals surface area contributed by atoms with Gasteiger partial charge in [0.1, 0.15) is 12.1 Å². The van der Waals surface area contributed by atoms with Gasteiger partial charge in [0.15, 0.2) is 0 Å². The zero-order chi connectivity index (χ0) is 22.0. The molecule has 0 aromatic heterocycles. The number of urea groups is 2. The first-order valence-corrected chi connectivity index (χ1v) is 10.5. The molecule has 0 unspecified atom stereocenters. The fraction of sp³-hybridized carbons (Fsp3) is 0.545. The molecule has 2 aliphatic rings. The van der Waals surface area contributed by atoms with Crippen molar-refractivity contribution >= 4 is 23.9 Å². The van der Waals surface area contributed by atoms with Crippen LogP contribution in [0.3, 0.4) is 0 Å². The molecule has 2 fully saturated rings. The van der Waals surface area contributed by atoms with Crippen LogP contribution < -0.4 is 10.6 Å². The smallest absolute Gasteiger partial charge is 0.325 e. The van der Waals surface area contributed by atoms with E-state index in [9.17, 15) is 19.2 Å². The van der Waals surface area contributed by atoms with E-state index in [1.165, 1.54) is 9.80 Å². The summed E-state index contributed by atoms with van der Waals surface area (Å²) in [5.41, 5.74) is 1.62. The van der Waals surface area contributed by atoms with Crippen molar-refractivity contribution in [3.8, 4) is 0 Å². The van der Waals surface area contributed by atoms with Crippen molar-refractivity contribution in [2.45, 2.75) is 65.7 Å². The Morgan fingerprint density at radius 2 is 1.03 bits per heavy atom. The fourth-order valence-corrected chi connectivity index (χ4v) is 3.83. The highest BCUT2D eigenvalue weighted by atomic mass is 16.2. The predicted octanol–water partition coefficient (Wildman–Crippen LogP) is 2.62. The lowest BCUT2D eigenvalue weighted by Crippen LogP contribution is -2.32. The third-order valence-electron chi connectivity index (χ3n) is 5.33. The maximum absolute atomic E-state index is 12.5. The van der Waals surface area contributed by atoms with Gasteiger partial charge in [-0.3, -0.25) is 19.4 Å². The van der Waals surface area contributed by atoms with Crippen LogP contribution in [0.25, 0.3) is 0 Å². The first kappa shape index (κ1) is 21.8. The van der Waals surface area contributed by atoms with Gasteiger partial charge in [-0.1, -0.05) is 52.0 Å². The van der Waals surface area contributed by atoms with E-state index in [-0.39, 0.29) is 37.0 Å². The number of hydrogen-bond acceptors (Lipinski definition) is 4. The summed E-state index contributed by atoms with van der Waals surface area (Å²) in [5.74, 6) is 0.217. The van der Waals surface area contributed by atoms with E-state index in [0.717, 1.165) is 11.1 Å². The van der Waals surface area contributed by atoms with Gasteiger partial charge in [0.05, 0.1) is 13.1 Å². The zero-order valence-electron chi connectivity index (χ0n) is 18.0. The van der Waals surface area contributed by atoms with Gasteiger partial charge in [0, 0.05) is 0 Å². The van der Waals surface area contributed by atoms with Crippen LogP contribution in [-0.2, 0) is 22.7 Å². The van der Waals surface area contributed by atoms with Gasteiger partial charge in [-0.2, -0.15) is 0 Å². The number of rotatable bonds is 8. The molecule has 2 heterocycles. The monoisotopic (exact) mass is 414 g/mol. The highest BCUT2D eigenvalue weighted by molar-refractivity contribution is 6.04. The van der Waals surface area contributed by atoms with Gasteiger partial charge < -0.3 is 10.6 Å². The van der Waals surface area contributed by atoms with Crippen LogP contribution >= 0.6 is 0 Å². The average molecular weight is 415 g/mol. The second kappa shape index (κ2) is 8.85. The summed E-state index contributed by atoms with van der Waals surface area (Å²) in [7, 11) is 0. The number of imide groups is 2. The number of amides is 6. The molecule has 8 nitrogen and oxygen atoms in total. The minimum absolute atomic E-state index is 0.194. The highest BCUT2D eigenvalue weighted by Gasteiger charge is 2.39. The molecule has 2 saturated heterocycles. The van der Waals surface area contributed by atoms with Crippen molar-refractivity contribution in [1.82, 2.24) is 20.4 Å². The standard InChI is InChI=1S/C22H30N4O4/c1-13(2)9-17-19(27)25(21(29)23-17)11-15-5-7-16(8-6-15)12-26-20(28)18(10-14(3)4)24-22(26)30/h5-8,13-14,17-18H,9-12H2,1-4H3,(H,23,29)(H,24,30)/t17-,18-/m0/s1. The largest absolute Gasteiger partial charge is 0.326 e. The van der Waals surface area contributed by atoms with Crippen molar-refractivity contribution in [2.75, 3.05) is 0 Å². The Labute approximate surface area is 177 Å². The molecule has 1 aromatic carbocycles. The lowest BCUT2D eigenvalue weighted by molar-refractivity contribution is -0.129. The number of carbonyl (C=O) groups is 4. The minimum atomic E-state index is -0.463. The predicted molar refractivity (Wildman–Crippen MR) is 111 cm³/mol. The molecule has 1 aromatic rings. The summed E-state index contributed by atoms with van der Waals surface area (Å²) >= 11 is 0. The molecule has 2 aliphatic heterocycles. The maximum Gasteiger partial charge on any atom is 0.325 e. The zero-order valence-corrected chi connectivity index (χ0v) is 18.0. The van der Waals surface area contributed by atoms with E-state index in [0.29, 0.717) is 24.7 Å². The summed E-state index contributed by atoms with van der Waals surface area (Å²) < 4.78 is 0. The van der Waals surface area contributed by atoms with Gasteiger partial charge in [-0.15, -0.1) is 0 Å². The molecule has 0 radical (unpaired) electrons. The maximum atomic E-state index is 12.5. The number of nitrogens with zero attached hydrogens (tertiary/aromatic N) is 2. The molecule has 30 heavy (non-hydrogen) atoms. The fourth-order valence-electron chi connectivity index (χ4n) is 3.83. The summed E-state index contributed by atoms with van der Waals surface area (Å²) in [4.78, 5) is 51.8. The Morgan fingerprint density at radius 1 is 0.700 bits per heavy atom. The van der Waals surface area contributed by atoms with Crippen molar-refractivity contribution in [1.29, 1.82) is 0 Å². The van der Waals surface area contributed by atoms with Gasteiger partial charge in [-0.25, -0.2) is 9.59 Å². The SMILES string of the molecule is CC(C)C[C@@H]1NC(=O)N(Cc2ccc(CN3C(=O)N[C@@H](CC(C)C)C3=O)cc2)C1=O. The lowest BCUT2D eigenvalue weighted by atomic mass is 10.0. The Bertz CT molecular complexity index is 765. The molecule has 8 heteroatoms. The molecule has 0 aliphatic carbocycles. The second-order valence-corrected chi connectivity index (χ2v) is 8.93. The van der Waals surface area contributed by atoms with Crippen LogP contribution in [0.5, 0.6) is 0 Å². The number of carbonyl (C=O) groups excluding carboxylic acids is 4. The quantitative estimate of drug-likeness (QED) is 0.639. The van der Waals surface area contributed by atoms with Gasteiger partial charge in [0.2, 0.25) is 0 Å². The molecule has 6 amide bonds. The molecular formula is C22H30N4O4. The molecule has 0 saturated carbocycles. The topological polar surface area (TPSA) is 98.8 Å². The Hall–Kier alpha value is -2.90. The van der Waals surface area contributed by atoms with Gasteiger partial charge in [0.25, 0.3) is 11.8 Å². The highest BCUT2D eigenvalue weighted by Crippen LogP contribution is 2.19. The average Bonchev–Trinajstić information content (AvgIpc) is 3.06. The van der Waals surface area contributed by atoms with Crippen molar-refractivity contribution in [3.63, 3.8) is 0 Å². The van der Waals surface area contributed by atoms with Crippen LogP contribution in [0.1, 0.15) is 51.7 Å². The molecule has 2 atom stereocenters. The molecule has 2 N–H and O–H groups in total. The normalized spacial score (nSPS) is 21.8. The van der Waals surface area contributed by atoms with E-state index in [1.54, 1.807) is 0 Å². The first-order valence-electron chi connectivity index (χ1n) is 10.5. The van der Waals surface area contributed by atoms with Crippen LogP contribution in [0.4, 0.5) is 9.59 Å². The van der Waals surface area contributed by atoms with E-state index in [4.69, 9.17) is 0 Å². The van der Waals surface area contributed by atoms with Crippen LogP contribution in [0.2, 0.25) is 0 Å². The van der Waals surface area contributed by atoms with Crippen LogP contribution in [-0.4, -0.2) is 45.8 Å². The van der Waals surface area contributed by atoms with E-state index in [1.807, 2.05) is 52.0 Å². The lowest BCUT2D eigenvalue weighted by Gasteiger charge is -2.16. The summed E-state index contributed by atoms with van der Waals surface area (Å²) in [6.07, 6.45) is 1.23. The van der Waals surface area contributed by atoms with Gasteiger partial charge in [-0.05, 0) is 35.8 Å². The molecule has 3 rings (SSSR count). The van der Waals surface area contributed by atoms with Crippen LogP contribution in [0.15, 0.2) is 24.3 Å². The van der Waals surface area contributed by atoms with Crippen molar-refractivity contribution in [2.24, 2.45) is 11.8 Å². The molecule has 0 spiro atoms. The molecule has 0 bridgehead atoms. The number of nitrogens with one attached hydrogen (secondary N) is 2. The van der Waals surface area contributed by atoms with Gasteiger partial charge >= 0.3 is 12.1 Å². The Balaban J connectivity index is 1.60. The Kier molecular flexibility index (Phi) is 6.43. The number of hydrogen-bond donors (Lipinski definition) is 2. The number of benzene rings is 1. The van der Waals surface area contributed by atoms with Crippen molar-refractivity contribution in [3.05, 3.63) is 35.4 Å². The first-order chi connectivity index (χ1) is 14.2. The minimum Gasteiger partial charge on any atom is -0.326 e. The van der Waals surface area contributed by atoms with E-state index >= 15 is 0 Å². The van der Waals surface area contributed by atoms with Crippen molar-refractivity contribution < 1.29 is 19.2 Å². The molecular weight excluding hydrogens is 384 g/mol. The summed E-state index contributed by atoms with van der Waals surface area (Å²) in [6.45, 7) is 8.43. The van der Waals surface area contributed by atoms with E-state index < -0.39 is 12.1 Å². The summed E-state index contributed by atoms with van der Waals surface area (Å²) in [6, 6.07) is 5.60. The van der Waals surface area contributed by atoms with E-state index in [2.05, 4.69) is 10.6 Å². The third kappa shape index (κ3) is 4.80. The third-order valence-corrected chi connectivity index (χ3v) is 5.33. The molecule has 162 valence electrons. The summed E-state index contributed by atoms with van der Waals surface area (Å²) in [5, 5.41) is 5.48. The Morgan fingerprint density at radius 3 is 1.33 bits per heavy atom. The van der Waals surface area contributed by atoms with Crippen LogP contribution in [0, 0.1) is 11.8 Å².